The zero-order valence-corrected chi connectivity index (χ0v) is 19.5. The van der Waals surface area contributed by atoms with Crippen LogP contribution in [0.25, 0.3) is 0 Å². The van der Waals surface area contributed by atoms with E-state index < -0.39 is 6.04 Å². The van der Waals surface area contributed by atoms with Crippen LogP contribution in [0.3, 0.4) is 0 Å². The van der Waals surface area contributed by atoms with E-state index in [9.17, 15) is 9.59 Å². The van der Waals surface area contributed by atoms with Crippen molar-refractivity contribution in [2.24, 2.45) is 0 Å². The van der Waals surface area contributed by atoms with Crippen molar-refractivity contribution in [2.75, 3.05) is 10.2 Å². The molecule has 3 aromatic rings. The highest BCUT2D eigenvalue weighted by molar-refractivity contribution is 6.05. The molecule has 1 saturated carbocycles. The van der Waals surface area contributed by atoms with Crippen molar-refractivity contribution in [1.82, 2.24) is 5.32 Å². The van der Waals surface area contributed by atoms with Gasteiger partial charge >= 0.3 is 6.03 Å². The second kappa shape index (κ2) is 9.13. The number of hydrogen-bond acceptors (Lipinski definition) is 5. The molecule has 2 N–H and O–H groups in total. The maximum Gasteiger partial charge on any atom is 0.323 e. The number of amides is 2. The largest absolute Gasteiger partial charge is 0.469 e. The average molecular weight is 472 g/mol. The Labute approximate surface area is 204 Å². The van der Waals surface area contributed by atoms with Crippen LogP contribution in [0.2, 0.25) is 0 Å². The first-order chi connectivity index (χ1) is 17.2. The Hall–Kier alpha value is -3.74. The van der Waals surface area contributed by atoms with E-state index in [0.29, 0.717) is 24.2 Å². The van der Waals surface area contributed by atoms with Crippen LogP contribution in [0.4, 0.5) is 16.2 Å². The van der Waals surface area contributed by atoms with Gasteiger partial charge in [-0.05, 0) is 55.7 Å². The number of carbonyl (C=O) groups excluding carboxylic acids is 2. The smallest absolute Gasteiger partial charge is 0.323 e. The zero-order valence-electron chi connectivity index (χ0n) is 19.5. The van der Waals surface area contributed by atoms with Crippen LogP contribution >= 0.6 is 0 Å². The van der Waals surface area contributed by atoms with Crippen LogP contribution in [-0.2, 0) is 4.79 Å². The molecular weight excluding hydrogens is 442 g/mol. The number of ketones is 1. The first kappa shape index (κ1) is 21.8. The number of benzene rings is 1. The minimum Gasteiger partial charge on any atom is -0.469 e. The van der Waals surface area contributed by atoms with E-state index in [1.54, 1.807) is 23.5 Å². The van der Waals surface area contributed by atoms with Crippen LogP contribution in [0.1, 0.15) is 68.4 Å². The summed E-state index contributed by atoms with van der Waals surface area (Å²) in [6.45, 7) is 0. The number of anilines is 2. The first-order valence-electron chi connectivity index (χ1n) is 12.5. The molecular formula is C28H29N3O4. The van der Waals surface area contributed by atoms with E-state index in [2.05, 4.69) is 10.6 Å². The molecule has 0 bridgehead atoms. The van der Waals surface area contributed by atoms with E-state index in [0.717, 1.165) is 48.5 Å². The quantitative estimate of drug-likeness (QED) is 0.469. The molecule has 0 spiro atoms. The lowest BCUT2D eigenvalue weighted by molar-refractivity contribution is -0.116. The highest BCUT2D eigenvalue weighted by Crippen LogP contribution is 2.47. The molecule has 1 aromatic carbocycles. The second-order valence-corrected chi connectivity index (χ2v) is 9.65. The molecule has 1 aliphatic heterocycles. The molecule has 1 fully saturated rings. The van der Waals surface area contributed by atoms with Crippen molar-refractivity contribution < 1.29 is 18.4 Å². The standard InChI is InChI=1S/C28H29N3O4/c32-23-17-18(24-12-6-14-34-24)16-21-26(23)27(25-13-7-15-35-25)31(22-11-5-4-10-20(22)30-21)28(33)29-19-8-2-1-3-9-19/h4-7,10-15,18-19,27,30H,1-3,8-9,16-17H2,(H,29,33)/t18-,27+/m0/s1. The van der Waals surface area contributed by atoms with E-state index in [1.165, 1.54) is 6.42 Å². The molecule has 6 rings (SSSR count). The van der Waals surface area contributed by atoms with Crippen molar-refractivity contribution in [3.8, 4) is 0 Å². The second-order valence-electron chi connectivity index (χ2n) is 9.65. The highest BCUT2D eigenvalue weighted by Gasteiger charge is 2.43. The topological polar surface area (TPSA) is 87.7 Å². The normalized spacial score (nSPS) is 22.7. The minimum atomic E-state index is -0.662. The number of furan rings is 2. The minimum absolute atomic E-state index is 0.00942. The Morgan fingerprint density at radius 2 is 1.66 bits per heavy atom. The van der Waals surface area contributed by atoms with Gasteiger partial charge in [0.05, 0.1) is 23.9 Å². The van der Waals surface area contributed by atoms with Gasteiger partial charge in [-0.25, -0.2) is 4.79 Å². The number of Topliss-reactive ketones (excluding diaryl/α,β-unsaturated/α-hetero) is 1. The van der Waals surface area contributed by atoms with Gasteiger partial charge in [0.15, 0.2) is 5.78 Å². The molecule has 0 radical (unpaired) electrons. The Bertz CT molecular complexity index is 1240. The molecule has 0 unspecified atom stereocenters. The number of urea groups is 1. The van der Waals surface area contributed by atoms with E-state index >= 15 is 0 Å². The number of rotatable bonds is 3. The van der Waals surface area contributed by atoms with Crippen molar-refractivity contribution in [2.45, 2.75) is 62.9 Å². The number of allylic oxidation sites excluding steroid dienone is 1. The SMILES string of the molecule is O=C1C[C@@H](c2ccco2)CC2=C1[C@@H](c1ccco1)N(C(=O)NC1CCCCC1)c1ccccc1N2. The van der Waals surface area contributed by atoms with Gasteiger partial charge in [-0.1, -0.05) is 31.4 Å². The monoisotopic (exact) mass is 471 g/mol. The summed E-state index contributed by atoms with van der Waals surface area (Å²) in [7, 11) is 0. The lowest BCUT2D eigenvalue weighted by Crippen LogP contribution is -2.48. The molecule has 0 saturated heterocycles. The van der Waals surface area contributed by atoms with Gasteiger partial charge < -0.3 is 19.5 Å². The summed E-state index contributed by atoms with van der Waals surface area (Å²) >= 11 is 0. The summed E-state index contributed by atoms with van der Waals surface area (Å²) in [6, 6.07) is 14.4. The van der Waals surface area contributed by atoms with Gasteiger partial charge in [0.2, 0.25) is 0 Å². The highest BCUT2D eigenvalue weighted by atomic mass is 16.3. The van der Waals surface area contributed by atoms with Crippen molar-refractivity contribution >= 4 is 23.2 Å². The van der Waals surface area contributed by atoms with Gasteiger partial charge in [-0.2, -0.15) is 0 Å². The van der Waals surface area contributed by atoms with E-state index in [-0.39, 0.29) is 23.8 Å². The van der Waals surface area contributed by atoms with Gasteiger partial charge in [-0.15, -0.1) is 0 Å². The summed E-state index contributed by atoms with van der Waals surface area (Å²) < 4.78 is 11.5. The van der Waals surface area contributed by atoms with Crippen molar-refractivity contribution in [3.05, 3.63) is 83.8 Å². The summed E-state index contributed by atoms with van der Waals surface area (Å²) in [6.07, 6.45) is 9.56. The molecule has 180 valence electrons. The molecule has 2 aromatic heterocycles. The van der Waals surface area contributed by atoms with Gasteiger partial charge in [0.1, 0.15) is 17.6 Å². The summed E-state index contributed by atoms with van der Waals surface area (Å²) in [5, 5.41) is 6.78. The molecule has 7 heteroatoms. The fraction of sp³-hybridized carbons (Fsp3) is 0.357. The molecule has 2 atom stereocenters. The molecule has 2 amide bonds. The third kappa shape index (κ3) is 4.05. The van der Waals surface area contributed by atoms with E-state index in [4.69, 9.17) is 8.83 Å². The van der Waals surface area contributed by atoms with Crippen LogP contribution < -0.4 is 15.5 Å². The lowest BCUT2D eigenvalue weighted by atomic mass is 9.81. The maximum atomic E-state index is 13.9. The summed E-state index contributed by atoms with van der Waals surface area (Å²) in [4.78, 5) is 29.4. The Kier molecular flexibility index (Phi) is 5.68. The Morgan fingerprint density at radius 1 is 0.914 bits per heavy atom. The number of hydrogen-bond donors (Lipinski definition) is 2. The fourth-order valence-electron chi connectivity index (χ4n) is 5.75. The maximum absolute atomic E-state index is 13.9. The fourth-order valence-corrected chi connectivity index (χ4v) is 5.75. The molecule has 2 aliphatic carbocycles. The van der Waals surface area contributed by atoms with Gasteiger partial charge in [0.25, 0.3) is 0 Å². The van der Waals surface area contributed by atoms with E-state index in [1.807, 2.05) is 42.5 Å². The van der Waals surface area contributed by atoms with Gasteiger partial charge in [-0.3, -0.25) is 9.69 Å². The summed E-state index contributed by atoms with van der Waals surface area (Å²) in [5.41, 5.74) is 2.90. The predicted molar refractivity (Wildman–Crippen MR) is 132 cm³/mol. The number of para-hydroxylation sites is 2. The van der Waals surface area contributed by atoms with Crippen LogP contribution in [-0.4, -0.2) is 17.9 Å². The molecule has 7 nitrogen and oxygen atoms in total. The molecule has 3 aliphatic rings. The third-order valence-electron chi connectivity index (χ3n) is 7.40. The van der Waals surface area contributed by atoms with Crippen LogP contribution in [0.5, 0.6) is 0 Å². The summed E-state index contributed by atoms with van der Waals surface area (Å²) in [5.74, 6) is 1.30. The average Bonchev–Trinajstić information content (AvgIpc) is 3.57. The van der Waals surface area contributed by atoms with Crippen LogP contribution in [0.15, 0.2) is 81.2 Å². The van der Waals surface area contributed by atoms with Crippen LogP contribution in [0, 0.1) is 0 Å². The number of carbonyl (C=O) groups is 2. The molecule has 35 heavy (non-hydrogen) atoms. The number of nitrogens with zero attached hydrogens (tertiary/aromatic N) is 1. The zero-order chi connectivity index (χ0) is 23.8. The first-order valence-corrected chi connectivity index (χ1v) is 12.5. The number of nitrogens with one attached hydrogen (secondary N) is 2. The van der Waals surface area contributed by atoms with Gasteiger partial charge in [0, 0.05) is 29.7 Å². The van der Waals surface area contributed by atoms with Crippen molar-refractivity contribution in [1.29, 1.82) is 0 Å². The Balaban J connectivity index is 1.46. The predicted octanol–water partition coefficient (Wildman–Crippen LogP) is 6.29. The third-order valence-corrected chi connectivity index (χ3v) is 7.40. The lowest BCUT2D eigenvalue weighted by Gasteiger charge is -2.34. The Morgan fingerprint density at radius 3 is 2.40 bits per heavy atom. The van der Waals surface area contributed by atoms with Crippen molar-refractivity contribution in [3.63, 3.8) is 0 Å². The molecule has 3 heterocycles. The number of fused-ring (bicyclic) bond motifs is 1.